The summed E-state index contributed by atoms with van der Waals surface area (Å²) in [5.74, 6) is -1.10. The lowest BCUT2D eigenvalue weighted by Gasteiger charge is -2.51. The molecule has 106 heavy (non-hydrogen) atoms. The average Bonchev–Trinajstić information content (AvgIpc) is 1.17. The summed E-state index contributed by atoms with van der Waals surface area (Å²) in [5.41, 5.74) is 3.66. The van der Waals surface area contributed by atoms with Crippen LogP contribution < -0.4 is 31.9 Å². The van der Waals surface area contributed by atoms with Gasteiger partial charge in [0.15, 0.2) is 25.2 Å². The zero-order valence-electron chi connectivity index (χ0n) is 57.1. The van der Waals surface area contributed by atoms with Gasteiger partial charge in [-0.1, -0.05) is 182 Å². The summed E-state index contributed by atoms with van der Waals surface area (Å²) < 4.78 is 78.7. The third kappa shape index (κ3) is 21.2. The van der Waals surface area contributed by atoms with Gasteiger partial charge in [0, 0.05) is 18.7 Å². The number of carbonyl (C=O) groups excluding carboxylic acids is 6. The highest BCUT2D eigenvalue weighted by Gasteiger charge is 2.58. The number of nitrogens with one attached hydrogen (secondary N) is 6. The maximum Gasteiger partial charge on any atom is 0.407 e. The van der Waals surface area contributed by atoms with Crippen molar-refractivity contribution >= 4 is 36.4 Å². The fraction of sp³-hybridized carbons (Fsp3) is 0.432. The molecule has 4 saturated heterocycles. The molecule has 5 aliphatic rings. The zero-order chi connectivity index (χ0) is 74.5. The van der Waals surface area contributed by atoms with Gasteiger partial charge in [-0.05, 0) is 40.7 Å². The minimum atomic E-state index is -2.12. The van der Waals surface area contributed by atoms with Gasteiger partial charge in [0.1, 0.15) is 124 Å². The van der Waals surface area contributed by atoms with Crippen LogP contribution >= 0.6 is 0 Å². The second-order valence-electron chi connectivity index (χ2n) is 25.6. The van der Waals surface area contributed by atoms with Crippen LogP contribution in [-0.2, 0) is 99.4 Å². The predicted molar refractivity (Wildman–Crippen MR) is 365 cm³/mol. The van der Waals surface area contributed by atoms with Crippen LogP contribution in [0.2, 0.25) is 0 Å². The lowest BCUT2D eigenvalue weighted by atomic mass is 9.83. The fourth-order valence-corrected chi connectivity index (χ4v) is 12.6. The summed E-state index contributed by atoms with van der Waals surface area (Å²) in [6.07, 6.45) is -35.8. The molecule has 6 aromatic rings. The molecule has 21 atom stereocenters. The number of amides is 6. The fourth-order valence-electron chi connectivity index (χ4n) is 12.6. The van der Waals surface area contributed by atoms with Crippen LogP contribution in [-0.4, -0.2) is 221 Å². The van der Waals surface area contributed by atoms with Gasteiger partial charge >= 0.3 is 30.5 Å². The normalized spacial score (nSPS) is 29.3. The highest BCUT2D eigenvalue weighted by molar-refractivity contribution is 5.81. The SMILES string of the molecule is O=C(NCC[C@H](O)C(=O)N[C@@H]1C[C@H](NC(=O)OCc2ccccc2)[C@@H](O[C@H]2O[C@@H]3COC(c4ccccc4)O[C@H]3[C@H](O)[C@H]2NC(=O)OCc2ccccc2)[C@H](O[C@@H]2O[C@H](CO)[C@@H](O[C@H]3O[C@@H](CNC(=O)OCc4ccccc4)[C@@H](O)[C@H](O)[C@H]3NC(=O)OCc3ccccc3)[C@H]2O)[C@H]1O)OCc1ccccc1. The molecule has 32 nitrogen and oxygen atoms in total. The molecule has 11 rings (SSSR count). The average molecular weight is 1480 g/mol. The number of rotatable bonds is 28. The molecule has 0 bridgehead atoms. The Morgan fingerprint density at radius 3 is 1.37 bits per heavy atom. The number of aliphatic hydroxyl groups excluding tert-OH is 7. The van der Waals surface area contributed by atoms with E-state index in [9.17, 15) is 64.5 Å². The Bertz CT molecular complexity index is 3740. The van der Waals surface area contributed by atoms with Crippen molar-refractivity contribution in [1.82, 2.24) is 31.9 Å². The van der Waals surface area contributed by atoms with Gasteiger partial charge in [0.2, 0.25) is 5.91 Å². The number of benzene rings is 6. The quantitative estimate of drug-likeness (QED) is 0.0314. The van der Waals surface area contributed by atoms with Gasteiger partial charge in [0.05, 0.1) is 25.3 Å². The van der Waals surface area contributed by atoms with Crippen LogP contribution in [0.25, 0.3) is 0 Å². The number of hydrogen-bond donors (Lipinski definition) is 13. The van der Waals surface area contributed by atoms with Crippen LogP contribution in [0.3, 0.4) is 0 Å². The van der Waals surface area contributed by atoms with E-state index < -0.39 is 191 Å². The first kappa shape index (κ1) is 77.6. The maximum absolute atomic E-state index is 14.3. The van der Waals surface area contributed by atoms with Crippen LogP contribution in [0.4, 0.5) is 24.0 Å². The minimum Gasteiger partial charge on any atom is -0.445 e. The van der Waals surface area contributed by atoms with Crippen LogP contribution in [0.15, 0.2) is 182 Å². The van der Waals surface area contributed by atoms with Crippen LogP contribution in [0.5, 0.6) is 0 Å². The van der Waals surface area contributed by atoms with Gasteiger partial charge in [-0.2, -0.15) is 0 Å². The van der Waals surface area contributed by atoms with E-state index in [1.54, 1.807) is 182 Å². The number of ether oxygens (including phenoxy) is 13. The van der Waals surface area contributed by atoms with E-state index in [2.05, 4.69) is 31.9 Å². The first-order valence-corrected chi connectivity index (χ1v) is 34.5. The summed E-state index contributed by atoms with van der Waals surface area (Å²) in [7, 11) is 0. The third-order valence-corrected chi connectivity index (χ3v) is 18.2. The van der Waals surface area contributed by atoms with E-state index in [-0.39, 0.29) is 46.2 Å². The Balaban J connectivity index is 0.892. The molecule has 32 heteroatoms. The molecule has 6 aromatic carbocycles. The van der Waals surface area contributed by atoms with Gasteiger partial charge < -0.3 is 129 Å². The molecule has 0 radical (unpaired) electrons. The van der Waals surface area contributed by atoms with Crippen molar-refractivity contribution in [2.45, 2.75) is 175 Å². The molecule has 1 saturated carbocycles. The molecule has 6 amide bonds. The van der Waals surface area contributed by atoms with Gasteiger partial charge in [0.25, 0.3) is 0 Å². The van der Waals surface area contributed by atoms with Gasteiger partial charge in [-0.15, -0.1) is 0 Å². The van der Waals surface area contributed by atoms with Crippen molar-refractivity contribution in [3.8, 4) is 0 Å². The van der Waals surface area contributed by atoms with E-state index in [0.29, 0.717) is 33.4 Å². The summed E-state index contributed by atoms with van der Waals surface area (Å²) in [6.45, 7) is -3.04. The molecule has 4 heterocycles. The summed E-state index contributed by atoms with van der Waals surface area (Å²) in [6, 6.07) is 45.5. The number of alkyl carbamates (subject to hydrolysis) is 5. The lowest BCUT2D eigenvalue weighted by molar-refractivity contribution is -0.358. The molecule has 1 unspecified atom stereocenters. The van der Waals surface area contributed by atoms with E-state index in [1.165, 1.54) is 0 Å². The highest BCUT2D eigenvalue weighted by Crippen LogP contribution is 2.39. The van der Waals surface area contributed by atoms with Crippen molar-refractivity contribution in [2.75, 3.05) is 26.3 Å². The van der Waals surface area contributed by atoms with Gasteiger partial charge in [-0.3, -0.25) is 4.79 Å². The van der Waals surface area contributed by atoms with E-state index in [4.69, 9.17) is 61.6 Å². The van der Waals surface area contributed by atoms with Crippen molar-refractivity contribution in [1.29, 1.82) is 0 Å². The molecular weight excluding hydrogens is 1390 g/mol. The highest BCUT2D eigenvalue weighted by atomic mass is 16.8. The van der Waals surface area contributed by atoms with Gasteiger partial charge in [-0.25, -0.2) is 24.0 Å². The first-order chi connectivity index (χ1) is 51.4. The van der Waals surface area contributed by atoms with E-state index in [0.717, 1.165) is 0 Å². The van der Waals surface area contributed by atoms with Crippen molar-refractivity contribution in [3.63, 3.8) is 0 Å². The molecular formula is C74H86N6O26. The second-order valence-corrected chi connectivity index (χ2v) is 25.6. The zero-order valence-corrected chi connectivity index (χ0v) is 57.1. The predicted octanol–water partition coefficient (Wildman–Crippen LogP) is 2.61. The second kappa shape index (κ2) is 38.2. The topological polar surface area (TPSA) is 436 Å². The molecule has 0 aromatic heterocycles. The number of aliphatic hydroxyl groups is 7. The van der Waals surface area contributed by atoms with Crippen molar-refractivity contribution in [2.24, 2.45) is 0 Å². The monoisotopic (exact) mass is 1470 g/mol. The minimum absolute atomic E-state index is 0.0776. The van der Waals surface area contributed by atoms with E-state index >= 15 is 0 Å². The first-order valence-electron chi connectivity index (χ1n) is 34.5. The Morgan fingerprint density at radius 2 is 0.858 bits per heavy atom. The Labute approximate surface area is 608 Å². The standard InChI is InChI=1S/C74H86N6O26/c81-35-52-62(105-67-54(79-73(92)98-39-45-25-13-4-14-26-45)58(85)57(84)51(100-67)34-76-71(90)96-37-43-21-9-2-10-22-43)60(87)69(101-52)106-64-56(83)48(77-65(88)50(82)31-32-75-70(89)95-36-42-19-7-1-8-20-42)33-49(78-72(91)97-38-44-23-11-3-12-24-44)61(64)103-68-55(80-74(93)99-40-46-27-15-5-16-28-46)59(86)63-53(102-68)41-94-66(104-63)47-29-17-6-18-30-47/h1-30,48-64,66-69,81-87H,31-41H2,(H,75,89)(H,76,90)(H,77,88)(H,78,91)(H,79,92)(H,80,93)/t48-,49+,50+,51+,52-,53-,54-,55-,56+,57-,58-,59-,60-,61-,62-,63-,64-,66?,67-,68-,69+/m1/s1. The maximum atomic E-state index is 14.3. The smallest absolute Gasteiger partial charge is 0.407 e. The molecule has 13 N–H and O–H groups in total. The third-order valence-electron chi connectivity index (χ3n) is 18.2. The van der Waals surface area contributed by atoms with Crippen LogP contribution in [0, 0.1) is 0 Å². The number of fused-ring (bicyclic) bond motifs is 1. The molecule has 1 aliphatic carbocycles. The molecule has 4 aliphatic heterocycles. The van der Waals surface area contributed by atoms with Crippen molar-refractivity contribution < 1.29 is 126 Å². The lowest BCUT2D eigenvalue weighted by Crippen LogP contribution is -2.71. The number of carbonyl (C=O) groups is 6. The Hall–Kier alpha value is -9.46. The molecule has 5 fully saturated rings. The Morgan fingerprint density at radius 1 is 0.425 bits per heavy atom. The van der Waals surface area contributed by atoms with Crippen LogP contribution in [0.1, 0.15) is 52.5 Å². The van der Waals surface area contributed by atoms with Crippen molar-refractivity contribution in [3.05, 3.63) is 215 Å². The largest absolute Gasteiger partial charge is 0.445 e. The van der Waals surface area contributed by atoms with E-state index in [1.807, 2.05) is 0 Å². The summed E-state index contributed by atoms with van der Waals surface area (Å²) in [5, 5.41) is 99.2. The molecule has 0 spiro atoms. The summed E-state index contributed by atoms with van der Waals surface area (Å²) in [4.78, 5) is 81.9. The Kier molecular flexibility index (Phi) is 28.0. The number of hydrogen-bond acceptors (Lipinski definition) is 26. The molecule has 568 valence electrons. The summed E-state index contributed by atoms with van der Waals surface area (Å²) >= 11 is 0.